The monoisotopic (exact) mass is 277 g/mol. The van der Waals surface area contributed by atoms with Gasteiger partial charge in [-0.3, -0.25) is 0 Å². The van der Waals surface area contributed by atoms with Gasteiger partial charge in [0.2, 0.25) is 5.95 Å². The number of nitrogens with one attached hydrogen (secondary N) is 1. The van der Waals surface area contributed by atoms with Crippen molar-refractivity contribution in [3.8, 4) is 0 Å². The summed E-state index contributed by atoms with van der Waals surface area (Å²) in [5.74, 6) is 2.12. The minimum absolute atomic E-state index is 0.398. The second-order valence-corrected chi connectivity index (χ2v) is 6.08. The van der Waals surface area contributed by atoms with Crippen molar-refractivity contribution >= 4 is 11.8 Å². The lowest BCUT2D eigenvalue weighted by Gasteiger charge is -2.18. The number of aromatic nitrogens is 2. The Morgan fingerprint density at radius 3 is 2.90 bits per heavy atom. The summed E-state index contributed by atoms with van der Waals surface area (Å²) < 4.78 is 0. The number of nitrogens with two attached hydrogens (primary N) is 1. The minimum Gasteiger partial charge on any atom is -0.368 e. The molecule has 0 amide bonds. The van der Waals surface area contributed by atoms with Crippen LogP contribution in [-0.2, 0) is 6.42 Å². The van der Waals surface area contributed by atoms with Gasteiger partial charge in [0.05, 0.1) is 0 Å². The smallest absolute Gasteiger partial charge is 0.222 e. The fourth-order valence-corrected chi connectivity index (χ4v) is 2.69. The summed E-state index contributed by atoms with van der Waals surface area (Å²) in [5.41, 5.74) is 6.93. The van der Waals surface area contributed by atoms with Crippen LogP contribution >= 0.6 is 0 Å². The van der Waals surface area contributed by atoms with Crippen molar-refractivity contribution < 1.29 is 0 Å². The van der Waals surface area contributed by atoms with Gasteiger partial charge in [-0.15, -0.1) is 0 Å². The van der Waals surface area contributed by atoms with Gasteiger partial charge in [0.1, 0.15) is 5.82 Å². The van der Waals surface area contributed by atoms with Gasteiger partial charge in [-0.05, 0) is 32.2 Å². The largest absolute Gasteiger partial charge is 0.368 e. The zero-order valence-corrected chi connectivity index (χ0v) is 12.9. The van der Waals surface area contributed by atoms with Gasteiger partial charge >= 0.3 is 0 Å². The van der Waals surface area contributed by atoms with E-state index < -0.39 is 0 Å². The molecular weight excluding hydrogens is 250 g/mol. The Labute approximate surface area is 122 Å². The van der Waals surface area contributed by atoms with Crippen LogP contribution in [0.4, 0.5) is 11.8 Å². The number of aryl methyl sites for hydroxylation is 1. The lowest BCUT2D eigenvalue weighted by Crippen LogP contribution is -2.30. The van der Waals surface area contributed by atoms with Crippen LogP contribution < -0.4 is 16.0 Å². The number of rotatable bonds is 6. The van der Waals surface area contributed by atoms with Crippen LogP contribution in [-0.4, -0.2) is 36.1 Å². The van der Waals surface area contributed by atoms with Gasteiger partial charge in [0, 0.05) is 30.9 Å². The molecule has 1 aromatic rings. The molecule has 0 bridgehead atoms. The normalized spacial score (nSPS) is 19.0. The first-order chi connectivity index (χ1) is 9.58. The van der Waals surface area contributed by atoms with Gasteiger partial charge in [0.25, 0.3) is 0 Å². The van der Waals surface area contributed by atoms with Gasteiger partial charge in [-0.1, -0.05) is 20.3 Å². The summed E-state index contributed by atoms with van der Waals surface area (Å²) in [6, 6.07) is 2.66. The molecule has 20 heavy (non-hydrogen) atoms. The molecule has 5 heteroatoms. The molecule has 1 fully saturated rings. The van der Waals surface area contributed by atoms with Crippen LogP contribution in [0.15, 0.2) is 6.07 Å². The van der Waals surface area contributed by atoms with E-state index in [1.807, 2.05) is 7.05 Å². The minimum atomic E-state index is 0.398. The van der Waals surface area contributed by atoms with Crippen molar-refractivity contribution in [1.29, 1.82) is 0 Å². The van der Waals surface area contributed by atoms with E-state index in [0.29, 0.717) is 12.0 Å². The second-order valence-electron chi connectivity index (χ2n) is 6.08. The Balaban J connectivity index is 2.01. The van der Waals surface area contributed by atoms with E-state index in [-0.39, 0.29) is 0 Å². The first kappa shape index (κ1) is 15.0. The number of nitrogens with zero attached hydrogens (tertiary/aromatic N) is 3. The van der Waals surface area contributed by atoms with E-state index in [4.69, 9.17) is 5.73 Å². The van der Waals surface area contributed by atoms with Crippen molar-refractivity contribution in [3.63, 3.8) is 0 Å². The zero-order valence-electron chi connectivity index (χ0n) is 12.9. The van der Waals surface area contributed by atoms with Gasteiger partial charge in [-0.25, -0.2) is 4.98 Å². The Morgan fingerprint density at radius 1 is 1.45 bits per heavy atom. The number of anilines is 2. The van der Waals surface area contributed by atoms with E-state index in [9.17, 15) is 0 Å². The molecule has 3 N–H and O–H groups in total. The second kappa shape index (κ2) is 6.88. The number of likely N-dealkylation sites (N-methyl/N-ethyl adjacent to an activating group) is 1. The van der Waals surface area contributed by atoms with Crippen LogP contribution in [0.25, 0.3) is 0 Å². The highest BCUT2D eigenvalue weighted by molar-refractivity contribution is 5.44. The Bertz CT molecular complexity index is 432. The molecular formula is C15H27N5. The van der Waals surface area contributed by atoms with Crippen molar-refractivity contribution in [3.05, 3.63) is 11.8 Å². The molecule has 0 saturated carbocycles. The molecule has 2 rings (SSSR count). The highest BCUT2D eigenvalue weighted by atomic mass is 15.2. The predicted molar refractivity (Wildman–Crippen MR) is 83.9 cm³/mol. The lowest BCUT2D eigenvalue weighted by atomic mass is 10.1. The average Bonchev–Trinajstić information content (AvgIpc) is 2.86. The fraction of sp³-hybridized carbons (Fsp3) is 0.733. The third-order valence-corrected chi connectivity index (χ3v) is 3.92. The first-order valence-electron chi connectivity index (χ1n) is 7.64. The van der Waals surface area contributed by atoms with Gasteiger partial charge in [-0.2, -0.15) is 4.98 Å². The summed E-state index contributed by atoms with van der Waals surface area (Å²) >= 11 is 0. The molecule has 5 nitrogen and oxygen atoms in total. The SMILES string of the molecule is CN[C@@H]1CCN(c2cc(CCCC(C)C)nc(N)n2)C1. The standard InChI is InChI=1S/C15H27N5/c1-11(2)5-4-6-12-9-14(19-15(16)18-12)20-8-7-13(10-20)17-3/h9,11,13,17H,4-8,10H2,1-3H3,(H2,16,18,19)/t13-/m1/s1. The lowest BCUT2D eigenvalue weighted by molar-refractivity contribution is 0.553. The number of hydrogen-bond donors (Lipinski definition) is 2. The summed E-state index contributed by atoms with van der Waals surface area (Å²) in [4.78, 5) is 11.1. The molecule has 112 valence electrons. The summed E-state index contributed by atoms with van der Waals surface area (Å²) in [6.45, 7) is 6.54. The molecule has 0 aliphatic carbocycles. The Morgan fingerprint density at radius 2 is 2.25 bits per heavy atom. The van der Waals surface area contributed by atoms with Gasteiger partial charge in [0.15, 0.2) is 0 Å². The van der Waals surface area contributed by atoms with Crippen LogP contribution in [0.3, 0.4) is 0 Å². The van der Waals surface area contributed by atoms with Crippen molar-refractivity contribution in [2.45, 2.75) is 45.6 Å². The third kappa shape index (κ3) is 4.07. The highest BCUT2D eigenvalue weighted by Gasteiger charge is 2.22. The maximum Gasteiger partial charge on any atom is 0.222 e. The quantitative estimate of drug-likeness (QED) is 0.830. The zero-order chi connectivity index (χ0) is 14.5. The number of nitrogen functional groups attached to an aromatic ring is 1. The van der Waals surface area contributed by atoms with Crippen LogP contribution in [0.5, 0.6) is 0 Å². The maximum atomic E-state index is 5.86. The van der Waals surface area contributed by atoms with Crippen molar-refractivity contribution in [2.75, 3.05) is 30.8 Å². The van der Waals surface area contributed by atoms with Crippen molar-refractivity contribution in [2.24, 2.45) is 5.92 Å². The fourth-order valence-electron chi connectivity index (χ4n) is 2.69. The van der Waals surface area contributed by atoms with Gasteiger partial charge < -0.3 is 16.0 Å². The summed E-state index contributed by atoms with van der Waals surface area (Å²) in [7, 11) is 2.01. The van der Waals surface area contributed by atoms with E-state index in [1.54, 1.807) is 0 Å². The third-order valence-electron chi connectivity index (χ3n) is 3.92. The highest BCUT2D eigenvalue weighted by Crippen LogP contribution is 2.20. The Hall–Kier alpha value is -1.36. The molecule has 2 heterocycles. The predicted octanol–water partition coefficient (Wildman–Crippen LogP) is 1.84. The maximum absolute atomic E-state index is 5.86. The molecule has 0 spiro atoms. The van der Waals surface area contributed by atoms with E-state index >= 15 is 0 Å². The van der Waals surface area contributed by atoms with E-state index in [0.717, 1.165) is 49.8 Å². The van der Waals surface area contributed by atoms with E-state index in [1.165, 1.54) is 6.42 Å². The first-order valence-corrected chi connectivity index (χ1v) is 7.64. The van der Waals surface area contributed by atoms with Crippen LogP contribution in [0.2, 0.25) is 0 Å². The molecule has 0 radical (unpaired) electrons. The molecule has 0 aromatic carbocycles. The molecule has 1 aliphatic heterocycles. The van der Waals surface area contributed by atoms with Crippen molar-refractivity contribution in [1.82, 2.24) is 15.3 Å². The Kier molecular flexibility index (Phi) is 5.17. The molecule has 0 unspecified atom stereocenters. The molecule has 1 aromatic heterocycles. The summed E-state index contributed by atoms with van der Waals surface area (Å²) in [6.07, 6.45) is 4.53. The number of hydrogen-bond acceptors (Lipinski definition) is 5. The summed E-state index contributed by atoms with van der Waals surface area (Å²) in [5, 5.41) is 3.32. The van der Waals surface area contributed by atoms with E-state index in [2.05, 4.69) is 40.1 Å². The molecule has 1 saturated heterocycles. The van der Waals surface area contributed by atoms with Crippen LogP contribution in [0, 0.1) is 5.92 Å². The topological polar surface area (TPSA) is 67.1 Å². The molecule has 1 atom stereocenters. The average molecular weight is 277 g/mol. The van der Waals surface area contributed by atoms with Crippen LogP contribution in [0.1, 0.15) is 38.8 Å². The molecule has 1 aliphatic rings.